The normalized spacial score (nSPS) is 12.1. The van der Waals surface area contributed by atoms with Crippen LogP contribution in [0.4, 0.5) is 13.2 Å². The minimum Gasteiger partial charge on any atom is -0.356 e. The number of alkyl halides is 3. The Kier molecular flexibility index (Phi) is 4.10. The number of methoxy groups -OCH3 is 2. The molecule has 2 aromatic rings. The first kappa shape index (κ1) is 14.5. The van der Waals surface area contributed by atoms with E-state index in [0.717, 1.165) is 12.1 Å². The fourth-order valence-corrected chi connectivity index (χ4v) is 1.70. The van der Waals surface area contributed by atoms with Gasteiger partial charge in [-0.1, -0.05) is 17.3 Å². The van der Waals surface area contributed by atoms with Crippen molar-refractivity contribution in [3.8, 4) is 11.3 Å². The van der Waals surface area contributed by atoms with E-state index in [-0.39, 0.29) is 0 Å². The zero-order valence-corrected chi connectivity index (χ0v) is 10.8. The Bertz CT molecular complexity index is 559. The molecule has 4 nitrogen and oxygen atoms in total. The highest BCUT2D eigenvalue weighted by molar-refractivity contribution is 5.58. The van der Waals surface area contributed by atoms with Crippen LogP contribution in [0, 0.1) is 0 Å². The number of rotatable bonds is 4. The second-order valence-corrected chi connectivity index (χ2v) is 3.99. The summed E-state index contributed by atoms with van der Waals surface area (Å²) in [5, 5.41) is 3.76. The summed E-state index contributed by atoms with van der Waals surface area (Å²) in [6.07, 6.45) is -5.04. The van der Waals surface area contributed by atoms with E-state index in [1.54, 1.807) is 6.07 Å². The average Bonchev–Trinajstić information content (AvgIpc) is 2.89. The second kappa shape index (κ2) is 5.64. The maximum Gasteiger partial charge on any atom is 0.416 e. The monoisotopic (exact) mass is 287 g/mol. The van der Waals surface area contributed by atoms with Crippen LogP contribution in [-0.2, 0) is 15.7 Å². The van der Waals surface area contributed by atoms with Crippen molar-refractivity contribution < 1.29 is 27.2 Å². The predicted molar refractivity (Wildman–Crippen MR) is 63.7 cm³/mol. The first-order chi connectivity index (χ1) is 9.45. The van der Waals surface area contributed by atoms with Gasteiger partial charge < -0.3 is 14.0 Å². The molecule has 1 aromatic heterocycles. The Morgan fingerprint density at radius 2 is 1.70 bits per heavy atom. The van der Waals surface area contributed by atoms with E-state index < -0.39 is 18.0 Å². The lowest BCUT2D eigenvalue weighted by Crippen LogP contribution is -2.04. The molecular formula is C13H12F3NO3. The molecule has 0 bridgehead atoms. The van der Waals surface area contributed by atoms with Gasteiger partial charge >= 0.3 is 6.18 Å². The maximum atomic E-state index is 12.5. The topological polar surface area (TPSA) is 44.5 Å². The van der Waals surface area contributed by atoms with E-state index in [9.17, 15) is 13.2 Å². The highest BCUT2D eigenvalue weighted by atomic mass is 19.4. The van der Waals surface area contributed by atoms with Gasteiger partial charge in [-0.25, -0.2) is 0 Å². The van der Waals surface area contributed by atoms with Crippen molar-refractivity contribution in [2.75, 3.05) is 14.2 Å². The van der Waals surface area contributed by atoms with Crippen molar-refractivity contribution in [1.82, 2.24) is 5.16 Å². The zero-order chi connectivity index (χ0) is 14.8. The number of nitrogens with zero attached hydrogens (tertiary/aromatic N) is 1. The van der Waals surface area contributed by atoms with Gasteiger partial charge in [-0.3, -0.25) is 0 Å². The van der Waals surface area contributed by atoms with Crippen LogP contribution in [0.2, 0.25) is 0 Å². The fourth-order valence-electron chi connectivity index (χ4n) is 1.70. The summed E-state index contributed by atoms with van der Waals surface area (Å²) in [5.74, 6) is 0.341. The molecule has 0 fully saturated rings. The van der Waals surface area contributed by atoms with E-state index in [0.29, 0.717) is 17.0 Å². The highest BCUT2D eigenvalue weighted by Gasteiger charge is 2.30. The first-order valence-corrected chi connectivity index (χ1v) is 5.65. The van der Waals surface area contributed by atoms with E-state index in [2.05, 4.69) is 5.16 Å². The van der Waals surface area contributed by atoms with Gasteiger partial charge in [0, 0.05) is 25.8 Å². The van der Waals surface area contributed by atoms with Crippen molar-refractivity contribution >= 4 is 0 Å². The van der Waals surface area contributed by atoms with Gasteiger partial charge in [0.05, 0.1) is 5.56 Å². The van der Waals surface area contributed by atoms with E-state index >= 15 is 0 Å². The smallest absolute Gasteiger partial charge is 0.356 e. The van der Waals surface area contributed by atoms with Crippen molar-refractivity contribution in [2.24, 2.45) is 0 Å². The minimum atomic E-state index is -4.36. The zero-order valence-electron chi connectivity index (χ0n) is 10.8. The molecule has 0 aliphatic heterocycles. The van der Waals surface area contributed by atoms with Crippen molar-refractivity contribution in [2.45, 2.75) is 12.5 Å². The third-order valence-corrected chi connectivity index (χ3v) is 2.69. The summed E-state index contributed by atoms with van der Waals surface area (Å²) in [5.41, 5.74) is 0.181. The molecule has 108 valence electrons. The fraction of sp³-hybridized carbons (Fsp3) is 0.308. The van der Waals surface area contributed by atoms with Gasteiger partial charge in [0.1, 0.15) is 5.69 Å². The Hall–Kier alpha value is -1.86. The van der Waals surface area contributed by atoms with E-state index in [1.807, 2.05) is 0 Å². The van der Waals surface area contributed by atoms with Crippen molar-refractivity contribution in [3.63, 3.8) is 0 Å². The Morgan fingerprint density at radius 1 is 1.10 bits per heavy atom. The predicted octanol–water partition coefficient (Wildman–Crippen LogP) is 3.65. The van der Waals surface area contributed by atoms with E-state index in [4.69, 9.17) is 14.0 Å². The van der Waals surface area contributed by atoms with Crippen LogP contribution >= 0.6 is 0 Å². The molecule has 0 atom stereocenters. The molecular weight excluding hydrogens is 275 g/mol. The van der Waals surface area contributed by atoms with Crippen LogP contribution in [0.25, 0.3) is 11.3 Å². The van der Waals surface area contributed by atoms with Crippen LogP contribution in [0.3, 0.4) is 0 Å². The summed E-state index contributed by atoms with van der Waals surface area (Å²) >= 11 is 0. The van der Waals surface area contributed by atoms with Gasteiger partial charge in [-0.2, -0.15) is 13.2 Å². The average molecular weight is 287 g/mol. The number of ether oxygens (including phenoxy) is 2. The highest BCUT2D eigenvalue weighted by Crippen LogP contribution is 2.31. The van der Waals surface area contributed by atoms with Gasteiger partial charge in [-0.05, 0) is 12.1 Å². The SMILES string of the molecule is COC(OC)c1cc(-c2ccc(C(F)(F)F)cc2)on1. The lowest BCUT2D eigenvalue weighted by Gasteiger charge is -2.08. The third-order valence-electron chi connectivity index (χ3n) is 2.69. The molecule has 0 N–H and O–H groups in total. The van der Waals surface area contributed by atoms with Crippen LogP contribution in [-0.4, -0.2) is 19.4 Å². The Labute approximate surface area is 113 Å². The summed E-state index contributed by atoms with van der Waals surface area (Å²) in [4.78, 5) is 0. The summed E-state index contributed by atoms with van der Waals surface area (Å²) in [6, 6.07) is 6.17. The van der Waals surface area contributed by atoms with Crippen molar-refractivity contribution in [1.29, 1.82) is 0 Å². The lowest BCUT2D eigenvalue weighted by molar-refractivity contribution is -0.137. The van der Waals surface area contributed by atoms with Crippen LogP contribution in [0.1, 0.15) is 17.5 Å². The largest absolute Gasteiger partial charge is 0.416 e. The maximum absolute atomic E-state index is 12.5. The van der Waals surface area contributed by atoms with Gasteiger partial charge in [-0.15, -0.1) is 0 Å². The van der Waals surface area contributed by atoms with Gasteiger partial charge in [0.15, 0.2) is 5.76 Å². The molecule has 0 saturated carbocycles. The number of benzene rings is 1. The molecule has 0 unspecified atom stereocenters. The molecule has 7 heteroatoms. The second-order valence-electron chi connectivity index (χ2n) is 3.99. The molecule has 1 aromatic carbocycles. The summed E-state index contributed by atoms with van der Waals surface area (Å²) in [6.45, 7) is 0. The molecule has 0 aliphatic rings. The molecule has 1 heterocycles. The number of hydrogen-bond acceptors (Lipinski definition) is 4. The van der Waals surface area contributed by atoms with Crippen LogP contribution < -0.4 is 0 Å². The lowest BCUT2D eigenvalue weighted by atomic mass is 10.1. The standard InChI is InChI=1S/C13H12F3NO3/c1-18-12(19-2)10-7-11(20-17-10)8-3-5-9(6-4-8)13(14,15)16/h3-7,12H,1-2H3. The number of halogens is 3. The Balaban J connectivity index is 2.24. The number of hydrogen-bond donors (Lipinski definition) is 0. The molecule has 0 aliphatic carbocycles. The number of aromatic nitrogens is 1. The molecule has 2 rings (SSSR count). The third kappa shape index (κ3) is 3.00. The van der Waals surface area contributed by atoms with E-state index in [1.165, 1.54) is 26.4 Å². The van der Waals surface area contributed by atoms with Crippen LogP contribution in [0.15, 0.2) is 34.9 Å². The summed E-state index contributed by atoms with van der Waals surface area (Å²) in [7, 11) is 2.89. The minimum absolute atomic E-state index is 0.341. The van der Waals surface area contributed by atoms with Crippen LogP contribution in [0.5, 0.6) is 0 Å². The molecule has 0 spiro atoms. The summed E-state index contributed by atoms with van der Waals surface area (Å²) < 4.78 is 52.4. The Morgan fingerprint density at radius 3 is 2.20 bits per heavy atom. The molecule has 0 amide bonds. The van der Waals surface area contributed by atoms with Crippen molar-refractivity contribution in [3.05, 3.63) is 41.6 Å². The molecule has 20 heavy (non-hydrogen) atoms. The molecule has 0 saturated heterocycles. The molecule has 0 radical (unpaired) electrons. The quantitative estimate of drug-likeness (QED) is 0.805. The van der Waals surface area contributed by atoms with Gasteiger partial charge in [0.2, 0.25) is 6.29 Å². The van der Waals surface area contributed by atoms with Gasteiger partial charge in [0.25, 0.3) is 0 Å². The first-order valence-electron chi connectivity index (χ1n) is 5.65.